The summed E-state index contributed by atoms with van der Waals surface area (Å²) in [5.74, 6) is 0.205. The van der Waals surface area contributed by atoms with E-state index in [1.807, 2.05) is 19.2 Å². The topological polar surface area (TPSA) is 15.6 Å². The van der Waals surface area contributed by atoms with Crippen LogP contribution in [0.2, 0.25) is 0 Å². The second-order valence-electron chi connectivity index (χ2n) is 6.21. The number of fused-ring (bicyclic) bond motifs is 3. The molecule has 4 rings (SSSR count). The molecule has 2 aliphatic rings. The number of halogens is 1. The van der Waals surface area contributed by atoms with Gasteiger partial charge in [-0.15, -0.1) is 0 Å². The summed E-state index contributed by atoms with van der Waals surface area (Å²) in [4.78, 5) is 0. The molecule has 2 nitrogen and oxygen atoms in total. The highest BCUT2D eigenvalue weighted by molar-refractivity contribution is 6.05. The number of hydrogen-bond donors (Lipinski definition) is 0. The normalized spacial score (nSPS) is 23.5. The fraction of sp³-hybridized carbons (Fsp3) is 0.316. The monoisotopic (exact) mass is 294 g/mol. The van der Waals surface area contributed by atoms with Crippen LogP contribution >= 0.6 is 0 Å². The minimum Gasteiger partial charge on any atom is -0.292 e. The number of aryl methyl sites for hydroxylation is 1. The number of hydrazone groups is 1. The molecule has 0 unspecified atom stereocenters. The Morgan fingerprint density at radius 1 is 1.09 bits per heavy atom. The van der Waals surface area contributed by atoms with Gasteiger partial charge in [-0.05, 0) is 42.5 Å². The molecular formula is C19H19FN2. The standard InChI is InChI=1S/C19H19FN2/c1-22-19(14-9-11-15(20)12-10-14)17-8-4-6-13-5-2-3-7-16(13)18(17)21-22/h2-3,5,7,9-12,17,19H,4,6,8H2,1H3/t17-,19-/m0/s1. The lowest BCUT2D eigenvalue weighted by molar-refractivity contribution is 0.243. The molecule has 0 saturated carbocycles. The molecule has 2 aromatic carbocycles. The van der Waals surface area contributed by atoms with Gasteiger partial charge in [-0.3, -0.25) is 5.01 Å². The Bertz CT molecular complexity index is 720. The Labute approximate surface area is 130 Å². The van der Waals surface area contributed by atoms with Crippen LogP contribution in [0.15, 0.2) is 53.6 Å². The Kier molecular flexibility index (Phi) is 3.21. The van der Waals surface area contributed by atoms with Crippen molar-refractivity contribution in [1.82, 2.24) is 5.01 Å². The minimum atomic E-state index is -0.184. The molecular weight excluding hydrogens is 275 g/mol. The van der Waals surface area contributed by atoms with Crippen LogP contribution in [0.4, 0.5) is 4.39 Å². The Balaban J connectivity index is 1.76. The number of benzene rings is 2. The smallest absolute Gasteiger partial charge is 0.123 e. The number of hydrogen-bond acceptors (Lipinski definition) is 2. The molecule has 22 heavy (non-hydrogen) atoms. The molecule has 0 aromatic heterocycles. The molecule has 0 amide bonds. The summed E-state index contributed by atoms with van der Waals surface area (Å²) in [7, 11) is 2.03. The van der Waals surface area contributed by atoms with Gasteiger partial charge >= 0.3 is 0 Å². The van der Waals surface area contributed by atoms with E-state index in [1.165, 1.54) is 23.3 Å². The summed E-state index contributed by atoms with van der Waals surface area (Å²) in [5, 5.41) is 6.90. The van der Waals surface area contributed by atoms with Crippen molar-refractivity contribution in [3.8, 4) is 0 Å². The van der Waals surface area contributed by atoms with E-state index in [4.69, 9.17) is 5.10 Å². The summed E-state index contributed by atoms with van der Waals surface area (Å²) >= 11 is 0. The number of nitrogens with zero attached hydrogens (tertiary/aromatic N) is 2. The molecule has 0 spiro atoms. The maximum atomic E-state index is 13.2. The van der Waals surface area contributed by atoms with Gasteiger partial charge in [0.15, 0.2) is 0 Å². The van der Waals surface area contributed by atoms with Crippen molar-refractivity contribution in [1.29, 1.82) is 0 Å². The molecule has 2 aromatic rings. The van der Waals surface area contributed by atoms with Gasteiger partial charge in [0.1, 0.15) is 5.82 Å². The van der Waals surface area contributed by atoms with Gasteiger partial charge in [0.2, 0.25) is 0 Å². The van der Waals surface area contributed by atoms with Gasteiger partial charge in [0, 0.05) is 18.5 Å². The van der Waals surface area contributed by atoms with Crippen molar-refractivity contribution < 1.29 is 4.39 Å². The van der Waals surface area contributed by atoms with E-state index in [0.717, 1.165) is 18.4 Å². The third-order valence-corrected chi connectivity index (χ3v) is 4.87. The van der Waals surface area contributed by atoms with E-state index in [9.17, 15) is 4.39 Å². The molecule has 0 fully saturated rings. The van der Waals surface area contributed by atoms with Crippen molar-refractivity contribution >= 4 is 5.71 Å². The first-order valence-electron chi connectivity index (χ1n) is 7.89. The van der Waals surface area contributed by atoms with Gasteiger partial charge in [0.25, 0.3) is 0 Å². The molecule has 3 heteroatoms. The fourth-order valence-electron chi connectivity index (χ4n) is 3.87. The largest absolute Gasteiger partial charge is 0.292 e. The van der Waals surface area contributed by atoms with E-state index in [-0.39, 0.29) is 11.9 Å². The van der Waals surface area contributed by atoms with Crippen molar-refractivity contribution in [2.24, 2.45) is 11.0 Å². The molecule has 2 atom stereocenters. The minimum absolute atomic E-state index is 0.184. The van der Waals surface area contributed by atoms with Crippen LogP contribution < -0.4 is 0 Å². The lowest BCUT2D eigenvalue weighted by atomic mass is 9.85. The summed E-state index contributed by atoms with van der Waals surface area (Å²) < 4.78 is 13.2. The molecule has 1 aliphatic heterocycles. The van der Waals surface area contributed by atoms with E-state index in [1.54, 1.807) is 12.1 Å². The maximum Gasteiger partial charge on any atom is 0.123 e. The highest BCUT2D eigenvalue weighted by atomic mass is 19.1. The van der Waals surface area contributed by atoms with Gasteiger partial charge in [-0.25, -0.2) is 4.39 Å². The Morgan fingerprint density at radius 2 is 1.86 bits per heavy atom. The van der Waals surface area contributed by atoms with Crippen molar-refractivity contribution in [3.63, 3.8) is 0 Å². The molecule has 112 valence electrons. The average molecular weight is 294 g/mol. The van der Waals surface area contributed by atoms with Gasteiger partial charge < -0.3 is 0 Å². The molecule has 0 N–H and O–H groups in total. The summed E-state index contributed by atoms with van der Waals surface area (Å²) in [5.41, 5.74) is 5.04. The Hall–Kier alpha value is -2.16. The van der Waals surface area contributed by atoms with Crippen molar-refractivity contribution in [3.05, 3.63) is 71.0 Å². The third kappa shape index (κ3) is 2.12. The van der Waals surface area contributed by atoms with Crippen molar-refractivity contribution in [2.75, 3.05) is 7.05 Å². The van der Waals surface area contributed by atoms with Gasteiger partial charge in [-0.2, -0.15) is 5.10 Å². The van der Waals surface area contributed by atoms with E-state index < -0.39 is 0 Å². The summed E-state index contributed by atoms with van der Waals surface area (Å²) in [6.45, 7) is 0. The van der Waals surface area contributed by atoms with Crippen LogP contribution in [0.1, 0.15) is 35.6 Å². The first kappa shape index (κ1) is 13.5. The van der Waals surface area contributed by atoms with Crippen LogP contribution in [0.5, 0.6) is 0 Å². The number of rotatable bonds is 1. The molecule has 1 aliphatic carbocycles. The first-order chi connectivity index (χ1) is 10.7. The SMILES string of the molecule is CN1N=C2c3ccccc3CCC[C@@H]2[C@@H]1c1ccc(F)cc1. The van der Waals surface area contributed by atoms with Crippen LogP contribution in [0.25, 0.3) is 0 Å². The zero-order valence-electron chi connectivity index (χ0n) is 12.7. The summed E-state index contributed by atoms with van der Waals surface area (Å²) in [6.07, 6.45) is 3.41. The zero-order valence-corrected chi connectivity index (χ0v) is 12.7. The van der Waals surface area contributed by atoms with Crippen LogP contribution in [-0.2, 0) is 6.42 Å². The first-order valence-corrected chi connectivity index (χ1v) is 7.89. The van der Waals surface area contributed by atoms with E-state index >= 15 is 0 Å². The molecule has 1 heterocycles. The highest BCUT2D eigenvalue weighted by Crippen LogP contribution is 2.41. The molecule has 0 bridgehead atoms. The summed E-state index contributed by atoms with van der Waals surface area (Å²) in [6, 6.07) is 15.7. The molecule has 0 radical (unpaired) electrons. The predicted octanol–water partition coefficient (Wildman–Crippen LogP) is 4.17. The maximum absolute atomic E-state index is 13.2. The van der Waals surface area contributed by atoms with Crippen molar-refractivity contribution in [2.45, 2.75) is 25.3 Å². The lowest BCUT2D eigenvalue weighted by Gasteiger charge is -2.25. The van der Waals surface area contributed by atoms with Gasteiger partial charge in [0.05, 0.1) is 11.8 Å². The van der Waals surface area contributed by atoms with E-state index in [0.29, 0.717) is 5.92 Å². The average Bonchev–Trinajstić information content (AvgIpc) is 2.75. The Morgan fingerprint density at radius 3 is 2.68 bits per heavy atom. The van der Waals surface area contributed by atoms with Crippen LogP contribution in [-0.4, -0.2) is 17.8 Å². The third-order valence-electron chi connectivity index (χ3n) is 4.87. The zero-order chi connectivity index (χ0) is 15.1. The molecule has 0 saturated heterocycles. The van der Waals surface area contributed by atoms with Crippen LogP contribution in [0, 0.1) is 11.7 Å². The fourth-order valence-corrected chi connectivity index (χ4v) is 3.87. The van der Waals surface area contributed by atoms with E-state index in [2.05, 4.69) is 29.3 Å². The lowest BCUT2D eigenvalue weighted by Crippen LogP contribution is -2.23. The quantitative estimate of drug-likeness (QED) is 0.771. The van der Waals surface area contributed by atoms with Gasteiger partial charge in [-0.1, -0.05) is 36.4 Å². The predicted molar refractivity (Wildman–Crippen MR) is 86.3 cm³/mol. The highest BCUT2D eigenvalue weighted by Gasteiger charge is 2.38. The second-order valence-corrected chi connectivity index (χ2v) is 6.21. The van der Waals surface area contributed by atoms with Crippen LogP contribution in [0.3, 0.4) is 0 Å². The second kappa shape index (κ2) is 5.24.